The highest BCUT2D eigenvalue weighted by Gasteiger charge is 2.33. The molecule has 36 heavy (non-hydrogen) atoms. The van der Waals surface area contributed by atoms with Crippen LogP contribution in [0.2, 0.25) is 5.02 Å². The average molecular weight is 538 g/mol. The average Bonchev–Trinajstić information content (AvgIpc) is 2.76. The highest BCUT2D eigenvalue weighted by atomic mass is 35.5. The summed E-state index contributed by atoms with van der Waals surface area (Å²) >= 11 is 6.06. The molecular formula is C26H36ClN3O5S. The summed E-state index contributed by atoms with van der Waals surface area (Å²) < 4.78 is 31.9. The summed E-state index contributed by atoms with van der Waals surface area (Å²) in [6.45, 7) is 8.76. The van der Waals surface area contributed by atoms with E-state index in [-0.39, 0.29) is 12.5 Å². The van der Waals surface area contributed by atoms with Crippen molar-refractivity contribution < 1.29 is 22.7 Å². The maximum atomic E-state index is 13.8. The Labute approximate surface area is 219 Å². The number of anilines is 1. The number of benzene rings is 2. The maximum Gasteiger partial charge on any atom is 0.244 e. The molecule has 0 heterocycles. The van der Waals surface area contributed by atoms with Crippen LogP contribution in [0.15, 0.2) is 42.5 Å². The van der Waals surface area contributed by atoms with E-state index in [0.717, 1.165) is 16.1 Å². The van der Waals surface area contributed by atoms with Crippen molar-refractivity contribution in [1.82, 2.24) is 10.2 Å². The van der Waals surface area contributed by atoms with E-state index in [1.54, 1.807) is 50.4 Å². The van der Waals surface area contributed by atoms with Crippen LogP contribution in [0, 0.1) is 6.92 Å². The molecule has 0 saturated carbocycles. The number of rotatable bonds is 10. The van der Waals surface area contributed by atoms with E-state index in [9.17, 15) is 18.0 Å². The molecule has 2 amide bonds. The SMILES string of the molecule is CC[C@H](C(=O)NC(C)(C)C)N(Cc1cccc(OC)c1)C(=O)CN(c1ccc(Cl)cc1C)S(C)(=O)=O. The van der Waals surface area contributed by atoms with E-state index >= 15 is 0 Å². The van der Waals surface area contributed by atoms with Crippen LogP contribution < -0.4 is 14.4 Å². The van der Waals surface area contributed by atoms with E-state index < -0.39 is 34.1 Å². The van der Waals surface area contributed by atoms with Crippen molar-refractivity contribution >= 4 is 39.1 Å². The van der Waals surface area contributed by atoms with Crippen molar-refractivity contribution in [2.45, 2.75) is 59.2 Å². The molecule has 0 aliphatic carbocycles. The first-order valence-electron chi connectivity index (χ1n) is 11.6. The van der Waals surface area contributed by atoms with Crippen molar-refractivity contribution in [1.29, 1.82) is 0 Å². The first kappa shape index (κ1) is 29.5. The number of hydrogen-bond acceptors (Lipinski definition) is 5. The third-order valence-corrected chi connectivity index (χ3v) is 6.84. The standard InChI is InChI=1S/C26H36ClN3O5S/c1-8-22(25(32)28-26(3,4)5)29(16-19-10-9-11-21(15-19)35-6)24(31)17-30(36(7,33)34)23-13-12-20(27)14-18(23)2/h9-15,22H,8,16-17H2,1-7H3,(H,28,32)/t22-/m1/s1. The fourth-order valence-corrected chi connectivity index (χ4v) is 4.97. The number of halogens is 1. The highest BCUT2D eigenvalue weighted by molar-refractivity contribution is 7.92. The topological polar surface area (TPSA) is 96.0 Å². The molecule has 0 aliphatic heterocycles. The van der Waals surface area contributed by atoms with Gasteiger partial charge in [0, 0.05) is 17.1 Å². The van der Waals surface area contributed by atoms with Crippen LogP contribution in [0.25, 0.3) is 0 Å². The lowest BCUT2D eigenvalue weighted by Crippen LogP contribution is -2.55. The lowest BCUT2D eigenvalue weighted by Gasteiger charge is -2.34. The summed E-state index contributed by atoms with van der Waals surface area (Å²) in [4.78, 5) is 28.4. The Kier molecular flexibility index (Phi) is 9.79. The van der Waals surface area contributed by atoms with E-state index in [1.165, 1.54) is 4.90 Å². The minimum atomic E-state index is -3.82. The third-order valence-electron chi connectivity index (χ3n) is 5.48. The van der Waals surface area contributed by atoms with Crippen molar-refractivity contribution in [3.8, 4) is 5.75 Å². The number of amides is 2. The molecule has 0 radical (unpaired) electrons. The molecule has 1 N–H and O–H groups in total. The molecule has 0 unspecified atom stereocenters. The molecule has 0 aliphatic rings. The zero-order valence-electron chi connectivity index (χ0n) is 22.0. The number of nitrogens with zero attached hydrogens (tertiary/aromatic N) is 2. The lowest BCUT2D eigenvalue weighted by molar-refractivity contribution is -0.141. The van der Waals surface area contributed by atoms with Gasteiger partial charge in [0.25, 0.3) is 0 Å². The molecule has 0 fully saturated rings. The van der Waals surface area contributed by atoms with Crippen LogP contribution in [0.3, 0.4) is 0 Å². The molecular weight excluding hydrogens is 502 g/mol. The number of ether oxygens (including phenoxy) is 1. The van der Waals surface area contributed by atoms with Crippen LogP contribution in [0.1, 0.15) is 45.2 Å². The summed E-state index contributed by atoms with van der Waals surface area (Å²) in [5.41, 5.74) is 1.20. The van der Waals surface area contributed by atoms with Gasteiger partial charge in [-0.15, -0.1) is 0 Å². The van der Waals surface area contributed by atoms with E-state index in [0.29, 0.717) is 28.4 Å². The molecule has 8 nitrogen and oxygen atoms in total. The lowest BCUT2D eigenvalue weighted by atomic mass is 10.1. The van der Waals surface area contributed by atoms with Crippen LogP contribution in [-0.2, 0) is 26.2 Å². The first-order valence-corrected chi connectivity index (χ1v) is 13.9. The normalized spacial score (nSPS) is 12.6. The van der Waals surface area contributed by atoms with Gasteiger partial charge in [0.1, 0.15) is 18.3 Å². The third kappa shape index (κ3) is 8.13. The molecule has 0 bridgehead atoms. The molecule has 0 saturated heterocycles. The number of carbonyl (C=O) groups excluding carboxylic acids is 2. The van der Waals surface area contributed by atoms with Crippen molar-refractivity contribution in [3.63, 3.8) is 0 Å². The molecule has 2 aromatic carbocycles. The number of carbonyl (C=O) groups is 2. The number of sulfonamides is 1. The Bertz CT molecular complexity index is 1190. The van der Waals surface area contributed by atoms with E-state index in [4.69, 9.17) is 16.3 Å². The van der Waals surface area contributed by atoms with Crippen LogP contribution >= 0.6 is 11.6 Å². The molecule has 2 aromatic rings. The number of hydrogen-bond donors (Lipinski definition) is 1. The summed E-state index contributed by atoms with van der Waals surface area (Å²) in [7, 11) is -2.28. The van der Waals surface area contributed by atoms with Gasteiger partial charge in [-0.25, -0.2) is 8.42 Å². The van der Waals surface area contributed by atoms with Gasteiger partial charge in [-0.1, -0.05) is 30.7 Å². The number of nitrogens with one attached hydrogen (secondary N) is 1. The first-order chi connectivity index (χ1) is 16.7. The van der Waals surface area contributed by atoms with Gasteiger partial charge in [0.2, 0.25) is 21.8 Å². The highest BCUT2D eigenvalue weighted by Crippen LogP contribution is 2.26. The smallest absolute Gasteiger partial charge is 0.244 e. The van der Waals surface area contributed by atoms with Crippen LogP contribution in [0.5, 0.6) is 5.75 Å². The second-order valence-corrected chi connectivity index (χ2v) is 12.1. The predicted octanol–water partition coefficient (Wildman–Crippen LogP) is 4.15. The maximum absolute atomic E-state index is 13.8. The van der Waals surface area contributed by atoms with Gasteiger partial charge in [0.15, 0.2) is 0 Å². The Morgan fingerprint density at radius 1 is 1.14 bits per heavy atom. The largest absolute Gasteiger partial charge is 0.497 e. The second-order valence-electron chi connectivity index (χ2n) is 9.74. The Morgan fingerprint density at radius 2 is 1.81 bits per heavy atom. The molecule has 2 rings (SSSR count). The number of methoxy groups -OCH3 is 1. The second kappa shape index (κ2) is 12.0. The van der Waals surface area contributed by atoms with Crippen molar-refractivity contribution in [2.24, 2.45) is 0 Å². The monoisotopic (exact) mass is 537 g/mol. The van der Waals surface area contributed by atoms with Crippen LogP contribution in [-0.4, -0.2) is 56.6 Å². The van der Waals surface area contributed by atoms with E-state index in [2.05, 4.69) is 5.32 Å². The Morgan fingerprint density at radius 3 is 2.33 bits per heavy atom. The fraction of sp³-hybridized carbons (Fsp3) is 0.462. The van der Waals surface area contributed by atoms with Gasteiger partial charge in [0.05, 0.1) is 19.1 Å². The Balaban J connectivity index is 2.51. The zero-order chi connectivity index (χ0) is 27.3. The molecule has 198 valence electrons. The van der Waals surface area contributed by atoms with Gasteiger partial charge < -0.3 is 15.0 Å². The van der Waals surface area contributed by atoms with Crippen LogP contribution in [0.4, 0.5) is 5.69 Å². The molecule has 1 atom stereocenters. The van der Waals surface area contributed by atoms with Gasteiger partial charge >= 0.3 is 0 Å². The summed E-state index contributed by atoms with van der Waals surface area (Å²) in [5.74, 6) is -0.204. The molecule has 0 aromatic heterocycles. The minimum absolute atomic E-state index is 0.101. The fourth-order valence-electron chi connectivity index (χ4n) is 3.83. The minimum Gasteiger partial charge on any atom is -0.497 e. The number of aryl methyl sites for hydroxylation is 1. The Hall–Kier alpha value is -2.78. The summed E-state index contributed by atoms with van der Waals surface area (Å²) in [5, 5.41) is 3.40. The zero-order valence-corrected chi connectivity index (χ0v) is 23.5. The summed E-state index contributed by atoms with van der Waals surface area (Å²) in [6.07, 6.45) is 1.39. The quantitative estimate of drug-likeness (QED) is 0.491. The van der Waals surface area contributed by atoms with Gasteiger partial charge in [-0.3, -0.25) is 13.9 Å². The van der Waals surface area contributed by atoms with Crippen molar-refractivity contribution in [3.05, 3.63) is 58.6 Å². The molecule has 10 heteroatoms. The van der Waals surface area contributed by atoms with Gasteiger partial charge in [-0.2, -0.15) is 0 Å². The predicted molar refractivity (Wildman–Crippen MR) is 144 cm³/mol. The van der Waals surface area contributed by atoms with Crippen molar-refractivity contribution in [2.75, 3.05) is 24.2 Å². The summed E-state index contributed by atoms with van der Waals surface area (Å²) in [6, 6.07) is 11.2. The molecule has 0 spiro atoms. The van der Waals surface area contributed by atoms with E-state index in [1.807, 2.05) is 33.8 Å². The van der Waals surface area contributed by atoms with Gasteiger partial charge in [-0.05, 0) is 75.6 Å².